The molecule has 0 saturated carbocycles. The van der Waals surface area contributed by atoms with Crippen molar-refractivity contribution in [3.63, 3.8) is 0 Å². The molecular formula is C14H12O5S. The minimum Gasteiger partial charge on any atom is -0.482 e. The van der Waals surface area contributed by atoms with Crippen LogP contribution in [-0.2, 0) is 4.79 Å². The maximum Gasteiger partial charge on any atom is 0.345 e. The van der Waals surface area contributed by atoms with E-state index >= 15 is 0 Å². The molecule has 2 N–H and O–H groups in total. The number of benzene rings is 1. The molecule has 1 aromatic heterocycles. The zero-order valence-electron chi connectivity index (χ0n) is 10.6. The molecule has 0 fully saturated rings. The van der Waals surface area contributed by atoms with Gasteiger partial charge in [-0.25, -0.2) is 9.59 Å². The lowest BCUT2D eigenvalue weighted by Gasteiger charge is -2.08. The number of hydrogen-bond donors (Lipinski definition) is 2. The van der Waals surface area contributed by atoms with Crippen LogP contribution in [0.5, 0.6) is 5.75 Å². The Labute approximate surface area is 119 Å². The van der Waals surface area contributed by atoms with E-state index in [-0.39, 0.29) is 4.88 Å². The lowest BCUT2D eigenvalue weighted by molar-refractivity contribution is -0.139. The van der Waals surface area contributed by atoms with Crippen LogP contribution in [-0.4, -0.2) is 28.8 Å². The van der Waals surface area contributed by atoms with E-state index in [1.807, 2.05) is 19.1 Å². The lowest BCUT2D eigenvalue weighted by atomic mass is 10.1. The molecule has 0 aliphatic heterocycles. The molecule has 104 valence electrons. The van der Waals surface area contributed by atoms with Crippen LogP contribution in [0.1, 0.15) is 15.2 Å². The van der Waals surface area contributed by atoms with Gasteiger partial charge in [0.25, 0.3) is 0 Å². The summed E-state index contributed by atoms with van der Waals surface area (Å²) in [7, 11) is 0. The second kappa shape index (κ2) is 5.75. The standard InChI is InChI=1S/C14H12O5S/c1-8-2-3-9(6-10(8)19-7-13(15)16)11-4-5-12(20-11)14(17)18/h2-6H,7H2,1H3,(H,15,16)(H,17,18). The van der Waals surface area contributed by atoms with Crippen molar-refractivity contribution < 1.29 is 24.5 Å². The fraction of sp³-hybridized carbons (Fsp3) is 0.143. The molecule has 1 aromatic carbocycles. The van der Waals surface area contributed by atoms with Gasteiger partial charge in [0.15, 0.2) is 6.61 Å². The van der Waals surface area contributed by atoms with Crippen molar-refractivity contribution in [1.29, 1.82) is 0 Å². The fourth-order valence-corrected chi connectivity index (χ4v) is 2.50. The quantitative estimate of drug-likeness (QED) is 0.885. The van der Waals surface area contributed by atoms with Gasteiger partial charge in [0.05, 0.1) is 0 Å². The van der Waals surface area contributed by atoms with Gasteiger partial charge in [-0.2, -0.15) is 0 Å². The normalized spacial score (nSPS) is 10.2. The van der Waals surface area contributed by atoms with Gasteiger partial charge in [0.2, 0.25) is 0 Å². The molecule has 0 aliphatic rings. The van der Waals surface area contributed by atoms with Crippen LogP contribution in [0, 0.1) is 6.92 Å². The van der Waals surface area contributed by atoms with Gasteiger partial charge in [-0.1, -0.05) is 12.1 Å². The van der Waals surface area contributed by atoms with Gasteiger partial charge >= 0.3 is 11.9 Å². The van der Waals surface area contributed by atoms with Crippen LogP contribution in [0.3, 0.4) is 0 Å². The summed E-state index contributed by atoms with van der Waals surface area (Å²) in [5.41, 5.74) is 1.62. The average molecular weight is 292 g/mol. The Bertz CT molecular complexity index is 659. The third-order valence-corrected chi connectivity index (χ3v) is 3.76. The van der Waals surface area contributed by atoms with E-state index in [0.29, 0.717) is 5.75 Å². The molecule has 0 bridgehead atoms. The predicted octanol–water partition coefficient (Wildman–Crippen LogP) is 2.89. The molecule has 0 radical (unpaired) electrons. The monoisotopic (exact) mass is 292 g/mol. The number of aromatic carboxylic acids is 1. The maximum absolute atomic E-state index is 10.9. The Morgan fingerprint density at radius 2 is 1.95 bits per heavy atom. The van der Waals surface area contributed by atoms with Crippen molar-refractivity contribution in [2.24, 2.45) is 0 Å². The summed E-state index contributed by atoms with van der Waals surface area (Å²) in [6.07, 6.45) is 0. The van der Waals surface area contributed by atoms with E-state index in [9.17, 15) is 9.59 Å². The summed E-state index contributed by atoms with van der Waals surface area (Å²) >= 11 is 1.16. The molecule has 0 atom stereocenters. The molecule has 0 spiro atoms. The van der Waals surface area contributed by atoms with Crippen LogP contribution in [0.2, 0.25) is 0 Å². The highest BCUT2D eigenvalue weighted by molar-refractivity contribution is 7.17. The molecule has 2 rings (SSSR count). The zero-order chi connectivity index (χ0) is 14.7. The first kappa shape index (κ1) is 14.1. The zero-order valence-corrected chi connectivity index (χ0v) is 11.4. The average Bonchev–Trinajstić information content (AvgIpc) is 2.87. The van der Waals surface area contributed by atoms with Crippen molar-refractivity contribution in [3.8, 4) is 16.2 Å². The number of rotatable bonds is 5. The molecule has 6 heteroatoms. The van der Waals surface area contributed by atoms with Crippen molar-refractivity contribution in [3.05, 3.63) is 40.8 Å². The van der Waals surface area contributed by atoms with E-state index in [1.54, 1.807) is 18.2 Å². The molecule has 0 aliphatic carbocycles. The minimum absolute atomic E-state index is 0.258. The highest BCUT2D eigenvalue weighted by Crippen LogP contribution is 2.32. The van der Waals surface area contributed by atoms with E-state index < -0.39 is 18.5 Å². The summed E-state index contributed by atoms with van der Waals surface area (Å²) in [6.45, 7) is 1.41. The van der Waals surface area contributed by atoms with Gasteiger partial charge in [-0.15, -0.1) is 11.3 Å². The van der Waals surface area contributed by atoms with E-state index in [1.165, 1.54) is 0 Å². The second-order valence-electron chi connectivity index (χ2n) is 4.13. The highest BCUT2D eigenvalue weighted by atomic mass is 32.1. The molecule has 0 amide bonds. The third kappa shape index (κ3) is 3.16. The number of thiophene rings is 1. The largest absolute Gasteiger partial charge is 0.482 e. The van der Waals surface area contributed by atoms with Crippen LogP contribution in [0.15, 0.2) is 30.3 Å². The molecule has 0 saturated heterocycles. The smallest absolute Gasteiger partial charge is 0.345 e. The SMILES string of the molecule is Cc1ccc(-c2ccc(C(=O)O)s2)cc1OCC(=O)O. The lowest BCUT2D eigenvalue weighted by Crippen LogP contribution is -2.10. The van der Waals surface area contributed by atoms with Crippen molar-refractivity contribution >= 4 is 23.3 Å². The van der Waals surface area contributed by atoms with Crippen molar-refractivity contribution in [2.45, 2.75) is 6.92 Å². The minimum atomic E-state index is -1.04. The van der Waals surface area contributed by atoms with Crippen LogP contribution in [0.25, 0.3) is 10.4 Å². The van der Waals surface area contributed by atoms with Crippen molar-refractivity contribution in [2.75, 3.05) is 6.61 Å². The molecule has 1 heterocycles. The predicted molar refractivity (Wildman–Crippen MR) is 74.6 cm³/mol. The van der Waals surface area contributed by atoms with E-state index in [4.69, 9.17) is 14.9 Å². The second-order valence-corrected chi connectivity index (χ2v) is 5.22. The van der Waals surface area contributed by atoms with Crippen LogP contribution >= 0.6 is 11.3 Å². The molecular weight excluding hydrogens is 280 g/mol. The maximum atomic E-state index is 10.9. The first-order chi connectivity index (χ1) is 9.47. The molecule has 0 unspecified atom stereocenters. The summed E-state index contributed by atoms with van der Waals surface area (Å²) in [5, 5.41) is 17.5. The van der Waals surface area contributed by atoms with Gasteiger partial charge in [0.1, 0.15) is 10.6 Å². The first-order valence-corrected chi connectivity index (χ1v) is 6.58. The fourth-order valence-electron chi connectivity index (χ4n) is 1.66. The number of carboxylic acids is 2. The number of carboxylic acid groups (broad SMARTS) is 2. The molecule has 5 nitrogen and oxygen atoms in total. The van der Waals surface area contributed by atoms with Gasteiger partial charge in [-0.05, 0) is 36.2 Å². The van der Waals surface area contributed by atoms with Gasteiger partial charge in [0, 0.05) is 4.88 Å². The van der Waals surface area contributed by atoms with Crippen LogP contribution < -0.4 is 4.74 Å². The Hall–Kier alpha value is -2.34. The number of carbonyl (C=O) groups is 2. The van der Waals surface area contributed by atoms with Gasteiger partial charge in [-0.3, -0.25) is 0 Å². The Morgan fingerprint density at radius 3 is 2.55 bits per heavy atom. The summed E-state index contributed by atoms with van der Waals surface area (Å²) in [6, 6.07) is 8.64. The number of ether oxygens (including phenoxy) is 1. The van der Waals surface area contributed by atoms with Crippen molar-refractivity contribution in [1.82, 2.24) is 0 Å². The first-order valence-electron chi connectivity index (χ1n) is 5.76. The summed E-state index contributed by atoms with van der Waals surface area (Å²) in [5.74, 6) is -1.52. The highest BCUT2D eigenvalue weighted by Gasteiger charge is 2.10. The summed E-state index contributed by atoms with van der Waals surface area (Å²) in [4.78, 5) is 22.4. The Kier molecular flexibility index (Phi) is 4.05. The topological polar surface area (TPSA) is 83.8 Å². The molecule has 2 aromatic rings. The number of aryl methyl sites for hydroxylation is 1. The van der Waals surface area contributed by atoms with Gasteiger partial charge < -0.3 is 14.9 Å². The van der Waals surface area contributed by atoms with E-state index in [2.05, 4.69) is 0 Å². The van der Waals surface area contributed by atoms with Crippen LogP contribution in [0.4, 0.5) is 0 Å². The number of hydrogen-bond acceptors (Lipinski definition) is 4. The third-order valence-electron chi connectivity index (χ3n) is 2.64. The molecule has 20 heavy (non-hydrogen) atoms. The number of aliphatic carboxylic acids is 1. The van der Waals surface area contributed by atoms with E-state index in [0.717, 1.165) is 27.3 Å². The summed E-state index contributed by atoms with van der Waals surface area (Å²) < 4.78 is 5.20. The Morgan fingerprint density at radius 1 is 1.20 bits per heavy atom. The Balaban J connectivity index is 2.29.